The van der Waals surface area contributed by atoms with Crippen LogP contribution in [0.2, 0.25) is 0 Å². The highest BCUT2D eigenvalue weighted by Crippen LogP contribution is 2.27. The summed E-state index contributed by atoms with van der Waals surface area (Å²) in [5, 5.41) is 11.5. The molecule has 0 radical (unpaired) electrons. The van der Waals surface area contributed by atoms with Gasteiger partial charge in [0.15, 0.2) is 0 Å². The van der Waals surface area contributed by atoms with Gasteiger partial charge in [-0.1, -0.05) is 18.2 Å². The van der Waals surface area contributed by atoms with Crippen molar-refractivity contribution < 1.29 is 19.5 Å². The molecule has 7 heteroatoms. The Bertz CT molecular complexity index is 573. The first-order valence-electron chi connectivity index (χ1n) is 6.66. The summed E-state index contributed by atoms with van der Waals surface area (Å²) in [6.07, 6.45) is 0.627. The minimum absolute atomic E-state index is 0.0219. The van der Waals surface area contributed by atoms with E-state index in [1.165, 1.54) is 4.90 Å². The van der Waals surface area contributed by atoms with E-state index >= 15 is 0 Å². The topological polar surface area (TPSA) is 113 Å². The number of carboxylic acid groups (broad SMARTS) is 1. The van der Waals surface area contributed by atoms with Crippen molar-refractivity contribution in [2.45, 2.75) is 25.3 Å². The summed E-state index contributed by atoms with van der Waals surface area (Å²) in [5.74, 6) is -1.78. The standard InChI is InChI=1S/C14H17N3O4/c15-12(18)6-5-10(13(19)20)16-14(21)17-8-7-9-3-1-2-4-11(9)17/h1-4,10H,5-8H2,(H2,15,18)(H,16,21)(H,19,20)/t10-/m0/s1. The van der Waals surface area contributed by atoms with Crippen LogP contribution in [-0.2, 0) is 16.0 Å². The van der Waals surface area contributed by atoms with Gasteiger partial charge in [-0.05, 0) is 24.5 Å². The fraction of sp³-hybridized carbons (Fsp3) is 0.357. The summed E-state index contributed by atoms with van der Waals surface area (Å²) in [6.45, 7) is 0.507. The Hall–Kier alpha value is -2.57. The lowest BCUT2D eigenvalue weighted by molar-refractivity contribution is -0.139. The second-order valence-electron chi connectivity index (χ2n) is 4.88. The maximum atomic E-state index is 12.2. The van der Waals surface area contributed by atoms with E-state index in [0.29, 0.717) is 6.54 Å². The largest absolute Gasteiger partial charge is 0.480 e. The van der Waals surface area contributed by atoms with Crippen molar-refractivity contribution in [3.05, 3.63) is 29.8 Å². The van der Waals surface area contributed by atoms with Crippen LogP contribution in [0.4, 0.5) is 10.5 Å². The van der Waals surface area contributed by atoms with Crippen LogP contribution >= 0.6 is 0 Å². The zero-order valence-electron chi connectivity index (χ0n) is 11.4. The van der Waals surface area contributed by atoms with Crippen LogP contribution in [0.3, 0.4) is 0 Å². The molecule has 0 spiro atoms. The SMILES string of the molecule is NC(=O)CC[C@H](NC(=O)N1CCc2ccccc21)C(=O)O. The molecule has 0 unspecified atom stereocenters. The van der Waals surface area contributed by atoms with Gasteiger partial charge in [-0.25, -0.2) is 9.59 Å². The number of para-hydroxylation sites is 1. The first kappa shape index (κ1) is 14.8. The maximum absolute atomic E-state index is 12.2. The Balaban J connectivity index is 2.03. The van der Waals surface area contributed by atoms with Crippen LogP contribution in [0.15, 0.2) is 24.3 Å². The van der Waals surface area contributed by atoms with Gasteiger partial charge in [0.05, 0.1) is 0 Å². The molecule has 1 aliphatic rings. The van der Waals surface area contributed by atoms with Gasteiger partial charge in [-0.2, -0.15) is 0 Å². The number of anilines is 1. The van der Waals surface area contributed by atoms with Crippen LogP contribution in [0.5, 0.6) is 0 Å². The Morgan fingerprint density at radius 1 is 1.33 bits per heavy atom. The van der Waals surface area contributed by atoms with E-state index < -0.39 is 23.9 Å². The number of fused-ring (bicyclic) bond motifs is 1. The molecule has 3 amide bonds. The van der Waals surface area contributed by atoms with Crippen molar-refractivity contribution >= 4 is 23.6 Å². The maximum Gasteiger partial charge on any atom is 0.326 e. The third-order valence-electron chi connectivity index (χ3n) is 3.41. The molecule has 4 N–H and O–H groups in total. The van der Waals surface area contributed by atoms with Gasteiger partial charge in [-0.15, -0.1) is 0 Å². The number of carboxylic acids is 1. The van der Waals surface area contributed by atoms with Crippen LogP contribution in [-0.4, -0.2) is 35.6 Å². The molecule has 0 saturated heterocycles. The van der Waals surface area contributed by atoms with Gasteiger partial charge in [0.2, 0.25) is 5.91 Å². The Morgan fingerprint density at radius 3 is 2.71 bits per heavy atom. The van der Waals surface area contributed by atoms with Gasteiger partial charge in [0, 0.05) is 18.7 Å². The molecule has 1 atom stereocenters. The van der Waals surface area contributed by atoms with Crippen LogP contribution in [0.25, 0.3) is 0 Å². The van der Waals surface area contributed by atoms with Gasteiger partial charge in [0.1, 0.15) is 6.04 Å². The van der Waals surface area contributed by atoms with Crippen molar-refractivity contribution in [2.24, 2.45) is 5.73 Å². The quantitative estimate of drug-likeness (QED) is 0.732. The second kappa shape index (κ2) is 6.25. The number of hydrogen-bond acceptors (Lipinski definition) is 3. The lowest BCUT2D eigenvalue weighted by Gasteiger charge is -2.21. The second-order valence-corrected chi connectivity index (χ2v) is 4.88. The zero-order valence-corrected chi connectivity index (χ0v) is 11.4. The summed E-state index contributed by atoms with van der Waals surface area (Å²) in [4.78, 5) is 35.6. The number of amides is 3. The van der Waals surface area contributed by atoms with E-state index in [0.717, 1.165) is 17.7 Å². The Labute approximate surface area is 121 Å². The van der Waals surface area contributed by atoms with E-state index in [2.05, 4.69) is 5.32 Å². The fourth-order valence-electron chi connectivity index (χ4n) is 2.32. The summed E-state index contributed by atoms with van der Waals surface area (Å²) < 4.78 is 0. The molecule has 1 aliphatic heterocycles. The molecule has 1 heterocycles. The first-order chi connectivity index (χ1) is 9.99. The molecule has 112 valence electrons. The summed E-state index contributed by atoms with van der Waals surface area (Å²) in [5.41, 5.74) is 6.84. The van der Waals surface area contributed by atoms with Gasteiger partial charge in [0.25, 0.3) is 0 Å². The molecule has 1 aromatic rings. The Kier molecular flexibility index (Phi) is 4.42. The van der Waals surface area contributed by atoms with Crippen LogP contribution < -0.4 is 16.0 Å². The fourth-order valence-corrected chi connectivity index (χ4v) is 2.32. The van der Waals surface area contributed by atoms with E-state index in [1.807, 2.05) is 24.3 Å². The molecular formula is C14H17N3O4. The predicted molar refractivity (Wildman–Crippen MR) is 75.9 cm³/mol. The number of carbonyl (C=O) groups excluding carboxylic acids is 2. The molecular weight excluding hydrogens is 274 g/mol. The normalized spacial score (nSPS) is 14.4. The third kappa shape index (κ3) is 3.50. The minimum Gasteiger partial charge on any atom is -0.480 e. The van der Waals surface area contributed by atoms with Crippen molar-refractivity contribution in [1.29, 1.82) is 0 Å². The van der Waals surface area contributed by atoms with Crippen molar-refractivity contribution in [1.82, 2.24) is 5.32 Å². The molecule has 0 aliphatic carbocycles. The third-order valence-corrected chi connectivity index (χ3v) is 3.41. The molecule has 7 nitrogen and oxygen atoms in total. The molecule has 0 aromatic heterocycles. The molecule has 0 bridgehead atoms. The van der Waals surface area contributed by atoms with Crippen molar-refractivity contribution in [3.63, 3.8) is 0 Å². The average Bonchev–Trinajstić information content (AvgIpc) is 2.86. The number of rotatable bonds is 5. The van der Waals surface area contributed by atoms with E-state index in [4.69, 9.17) is 10.8 Å². The smallest absolute Gasteiger partial charge is 0.326 e. The van der Waals surface area contributed by atoms with Gasteiger partial charge in [-0.3, -0.25) is 9.69 Å². The van der Waals surface area contributed by atoms with Gasteiger partial charge < -0.3 is 16.2 Å². The van der Waals surface area contributed by atoms with E-state index in [1.54, 1.807) is 0 Å². The van der Waals surface area contributed by atoms with Crippen molar-refractivity contribution in [3.8, 4) is 0 Å². The number of hydrogen-bond donors (Lipinski definition) is 3. The number of nitrogens with one attached hydrogen (secondary N) is 1. The van der Waals surface area contributed by atoms with E-state index in [9.17, 15) is 14.4 Å². The number of nitrogens with zero attached hydrogens (tertiary/aromatic N) is 1. The minimum atomic E-state index is -1.18. The monoisotopic (exact) mass is 291 g/mol. The number of benzene rings is 1. The first-order valence-corrected chi connectivity index (χ1v) is 6.66. The molecule has 0 fully saturated rings. The highest BCUT2D eigenvalue weighted by Gasteiger charge is 2.28. The number of aliphatic carboxylic acids is 1. The zero-order chi connectivity index (χ0) is 15.4. The highest BCUT2D eigenvalue weighted by molar-refractivity contribution is 5.96. The molecule has 2 rings (SSSR count). The van der Waals surface area contributed by atoms with Crippen molar-refractivity contribution in [2.75, 3.05) is 11.4 Å². The van der Waals surface area contributed by atoms with Crippen LogP contribution in [0.1, 0.15) is 18.4 Å². The summed E-state index contributed by atoms with van der Waals surface area (Å²) >= 11 is 0. The molecule has 21 heavy (non-hydrogen) atoms. The average molecular weight is 291 g/mol. The van der Waals surface area contributed by atoms with Gasteiger partial charge >= 0.3 is 12.0 Å². The summed E-state index contributed by atoms with van der Waals surface area (Å²) in [7, 11) is 0. The number of carbonyl (C=O) groups is 3. The predicted octanol–water partition coefficient (Wildman–Crippen LogP) is 0.477. The summed E-state index contributed by atoms with van der Waals surface area (Å²) in [6, 6.07) is 5.87. The molecule has 0 saturated carbocycles. The lowest BCUT2D eigenvalue weighted by atomic mass is 10.1. The lowest BCUT2D eigenvalue weighted by Crippen LogP contribution is -2.48. The number of nitrogens with two attached hydrogens (primary N) is 1. The molecule has 1 aromatic carbocycles. The van der Waals surface area contributed by atoms with E-state index in [-0.39, 0.29) is 12.8 Å². The van der Waals surface area contributed by atoms with Crippen LogP contribution in [0, 0.1) is 0 Å². The Morgan fingerprint density at radius 2 is 2.05 bits per heavy atom. The number of urea groups is 1. The highest BCUT2D eigenvalue weighted by atomic mass is 16.4. The number of primary amides is 1.